The largest absolute Gasteiger partial charge is 0.480 e. The summed E-state index contributed by atoms with van der Waals surface area (Å²) in [6.45, 7) is 1.65. The Bertz CT molecular complexity index is 588. The summed E-state index contributed by atoms with van der Waals surface area (Å²) in [5.41, 5.74) is 1.02. The van der Waals surface area contributed by atoms with Gasteiger partial charge >= 0.3 is 5.97 Å². The molecule has 2 heterocycles. The number of hydrogen-bond donors (Lipinski definition) is 1. The Hall–Kier alpha value is -1.48. The second-order valence-electron chi connectivity index (χ2n) is 3.41. The molecule has 94 valence electrons. The minimum absolute atomic E-state index is 0.279. The number of aryl methyl sites for hydroxylation is 1. The van der Waals surface area contributed by atoms with E-state index in [1.807, 2.05) is 13.0 Å². The summed E-state index contributed by atoms with van der Waals surface area (Å²) in [5.74, 6) is -1.000. The van der Waals surface area contributed by atoms with Crippen LogP contribution in [0.5, 0.6) is 0 Å². The number of aromatic nitrogens is 5. The second-order valence-corrected chi connectivity index (χ2v) is 5.22. The van der Waals surface area contributed by atoms with Gasteiger partial charge in [0.05, 0.1) is 4.47 Å². The zero-order valence-corrected chi connectivity index (χ0v) is 11.6. The highest BCUT2D eigenvalue weighted by molar-refractivity contribution is 9.10. The minimum Gasteiger partial charge on any atom is -0.480 e. The van der Waals surface area contributed by atoms with E-state index in [1.165, 1.54) is 16.4 Å². The summed E-state index contributed by atoms with van der Waals surface area (Å²) in [6, 6.07) is 1.92. The minimum atomic E-state index is -1.000. The molecule has 0 unspecified atom stereocenters. The monoisotopic (exact) mass is 329 g/mol. The predicted octanol–water partition coefficient (Wildman–Crippen LogP) is 1.37. The maximum Gasteiger partial charge on any atom is 0.325 e. The zero-order chi connectivity index (χ0) is 13.1. The summed E-state index contributed by atoms with van der Waals surface area (Å²) in [7, 11) is 0. The normalized spacial score (nSPS) is 10.6. The molecule has 9 heteroatoms. The number of carbonyl (C=O) groups is 1. The van der Waals surface area contributed by atoms with E-state index in [2.05, 4.69) is 36.4 Å². The molecule has 2 aromatic heterocycles. The Kier molecular flexibility index (Phi) is 3.92. The molecule has 0 fully saturated rings. The molecule has 7 nitrogen and oxygen atoms in total. The van der Waals surface area contributed by atoms with Gasteiger partial charge in [0.1, 0.15) is 11.6 Å². The highest BCUT2D eigenvalue weighted by atomic mass is 79.9. The maximum atomic E-state index is 10.6. The van der Waals surface area contributed by atoms with E-state index >= 15 is 0 Å². The van der Waals surface area contributed by atoms with Gasteiger partial charge < -0.3 is 5.11 Å². The Morgan fingerprint density at radius 3 is 3.06 bits per heavy atom. The van der Waals surface area contributed by atoms with Gasteiger partial charge in [-0.2, -0.15) is 0 Å². The van der Waals surface area contributed by atoms with Gasteiger partial charge in [-0.1, -0.05) is 0 Å². The molecule has 0 spiro atoms. The van der Waals surface area contributed by atoms with Crippen molar-refractivity contribution in [2.24, 2.45) is 0 Å². The average Bonchev–Trinajstić information content (AvgIpc) is 2.69. The highest BCUT2D eigenvalue weighted by Gasteiger charge is 2.13. The summed E-state index contributed by atoms with van der Waals surface area (Å²) >= 11 is 4.59. The quantitative estimate of drug-likeness (QED) is 0.905. The topological polar surface area (TPSA) is 93.8 Å². The van der Waals surface area contributed by atoms with Crippen LogP contribution in [0.15, 0.2) is 26.9 Å². The Labute approximate surface area is 115 Å². The van der Waals surface area contributed by atoms with Gasteiger partial charge in [-0.15, -0.1) is 5.10 Å². The molecule has 18 heavy (non-hydrogen) atoms. The predicted molar refractivity (Wildman–Crippen MR) is 66.2 cm³/mol. The van der Waals surface area contributed by atoms with Crippen LogP contribution in [-0.2, 0) is 11.3 Å². The Balaban J connectivity index is 2.23. The van der Waals surface area contributed by atoms with Crippen molar-refractivity contribution in [3.8, 4) is 0 Å². The number of nitrogens with zero attached hydrogens (tertiary/aromatic N) is 5. The standard InChI is InChI=1S/C9H8BrN5O2S/c1-5-2-6(10)8(11-3-5)18-9-12-13-14-15(9)4-7(16)17/h2-3H,4H2,1H3,(H,16,17). The van der Waals surface area contributed by atoms with E-state index in [4.69, 9.17) is 5.11 Å². The van der Waals surface area contributed by atoms with Crippen LogP contribution in [0.25, 0.3) is 0 Å². The van der Waals surface area contributed by atoms with Gasteiger partial charge in [0, 0.05) is 6.20 Å². The third kappa shape index (κ3) is 3.05. The molecule has 0 aromatic carbocycles. The van der Waals surface area contributed by atoms with Gasteiger partial charge in [0.25, 0.3) is 0 Å². The lowest BCUT2D eigenvalue weighted by molar-refractivity contribution is -0.138. The summed E-state index contributed by atoms with van der Waals surface area (Å²) in [6.07, 6.45) is 1.72. The van der Waals surface area contributed by atoms with Gasteiger partial charge in [-0.25, -0.2) is 9.67 Å². The van der Waals surface area contributed by atoms with Crippen molar-refractivity contribution >= 4 is 33.7 Å². The summed E-state index contributed by atoms with van der Waals surface area (Å²) in [5, 5.41) is 20.6. The fraction of sp³-hybridized carbons (Fsp3) is 0.222. The van der Waals surface area contributed by atoms with Crippen molar-refractivity contribution in [3.63, 3.8) is 0 Å². The molecule has 0 saturated heterocycles. The first-order chi connectivity index (χ1) is 8.56. The molecule has 2 rings (SSSR count). The van der Waals surface area contributed by atoms with Crippen LogP contribution >= 0.6 is 27.7 Å². The van der Waals surface area contributed by atoms with Crippen molar-refractivity contribution in [2.75, 3.05) is 0 Å². The molecular weight excluding hydrogens is 322 g/mol. The molecule has 0 radical (unpaired) electrons. The fourth-order valence-electron chi connectivity index (χ4n) is 1.18. The van der Waals surface area contributed by atoms with Crippen molar-refractivity contribution in [2.45, 2.75) is 23.7 Å². The van der Waals surface area contributed by atoms with Crippen LogP contribution in [0.1, 0.15) is 5.56 Å². The first kappa shape index (κ1) is 13.0. The molecule has 0 saturated carbocycles. The van der Waals surface area contributed by atoms with Crippen molar-refractivity contribution in [3.05, 3.63) is 22.3 Å². The van der Waals surface area contributed by atoms with Crippen molar-refractivity contribution < 1.29 is 9.90 Å². The third-order valence-electron chi connectivity index (χ3n) is 1.92. The molecule has 0 amide bonds. The van der Waals surface area contributed by atoms with Crippen LogP contribution in [0.2, 0.25) is 0 Å². The Morgan fingerprint density at radius 2 is 2.39 bits per heavy atom. The number of carboxylic acids is 1. The average molecular weight is 330 g/mol. The first-order valence-corrected chi connectivity index (χ1v) is 6.45. The molecule has 0 aliphatic carbocycles. The molecule has 0 bridgehead atoms. The third-order valence-corrected chi connectivity index (χ3v) is 3.78. The van der Waals surface area contributed by atoms with Gasteiger partial charge in [0.15, 0.2) is 0 Å². The molecule has 0 aliphatic rings. The Morgan fingerprint density at radius 1 is 1.61 bits per heavy atom. The smallest absolute Gasteiger partial charge is 0.325 e. The summed E-state index contributed by atoms with van der Waals surface area (Å²) < 4.78 is 2.03. The number of tetrazole rings is 1. The van der Waals surface area contributed by atoms with Gasteiger partial charge in [-0.05, 0) is 56.7 Å². The maximum absolute atomic E-state index is 10.6. The fourth-order valence-corrected chi connectivity index (χ4v) is 2.60. The molecule has 0 aliphatic heterocycles. The van der Waals surface area contributed by atoms with E-state index in [0.717, 1.165) is 10.0 Å². The molecule has 0 atom stereocenters. The molecule has 1 N–H and O–H groups in total. The van der Waals surface area contributed by atoms with Crippen molar-refractivity contribution in [1.82, 2.24) is 25.2 Å². The van der Waals surface area contributed by atoms with Crippen LogP contribution in [0.4, 0.5) is 0 Å². The van der Waals surface area contributed by atoms with E-state index in [0.29, 0.717) is 10.2 Å². The lowest BCUT2D eigenvalue weighted by Gasteiger charge is -2.03. The van der Waals surface area contributed by atoms with E-state index in [1.54, 1.807) is 6.20 Å². The zero-order valence-electron chi connectivity index (χ0n) is 9.24. The van der Waals surface area contributed by atoms with Crippen LogP contribution in [-0.4, -0.2) is 36.3 Å². The first-order valence-electron chi connectivity index (χ1n) is 4.84. The van der Waals surface area contributed by atoms with Crippen LogP contribution in [0.3, 0.4) is 0 Å². The van der Waals surface area contributed by atoms with Crippen LogP contribution in [0, 0.1) is 6.92 Å². The van der Waals surface area contributed by atoms with E-state index in [-0.39, 0.29) is 6.54 Å². The van der Waals surface area contributed by atoms with E-state index < -0.39 is 5.97 Å². The van der Waals surface area contributed by atoms with Crippen LogP contribution < -0.4 is 0 Å². The number of carboxylic acid groups (broad SMARTS) is 1. The van der Waals surface area contributed by atoms with E-state index in [9.17, 15) is 4.79 Å². The number of hydrogen-bond acceptors (Lipinski definition) is 6. The van der Waals surface area contributed by atoms with Gasteiger partial charge in [0.2, 0.25) is 5.16 Å². The molecule has 2 aromatic rings. The SMILES string of the molecule is Cc1cnc(Sc2nnnn2CC(=O)O)c(Br)c1. The number of rotatable bonds is 4. The lowest BCUT2D eigenvalue weighted by Crippen LogP contribution is -2.11. The van der Waals surface area contributed by atoms with Gasteiger partial charge in [-0.3, -0.25) is 4.79 Å². The number of pyridine rings is 1. The number of halogens is 1. The lowest BCUT2D eigenvalue weighted by atomic mass is 10.3. The summed E-state index contributed by atoms with van der Waals surface area (Å²) in [4.78, 5) is 14.9. The number of aliphatic carboxylic acids is 1. The molecular formula is C9H8BrN5O2S. The second kappa shape index (κ2) is 5.44. The highest BCUT2D eigenvalue weighted by Crippen LogP contribution is 2.30. The van der Waals surface area contributed by atoms with Crippen molar-refractivity contribution in [1.29, 1.82) is 0 Å².